The van der Waals surface area contributed by atoms with Crippen molar-refractivity contribution < 1.29 is 13.2 Å². The Morgan fingerprint density at radius 3 is 2.47 bits per heavy atom. The summed E-state index contributed by atoms with van der Waals surface area (Å²) >= 11 is 0. The van der Waals surface area contributed by atoms with Crippen LogP contribution in [-0.4, -0.2) is 17.0 Å². The first-order valence-electron chi connectivity index (χ1n) is 5.76. The maximum atomic E-state index is 13.7. The van der Waals surface area contributed by atoms with Crippen molar-refractivity contribution in [3.8, 4) is 11.3 Å². The van der Waals surface area contributed by atoms with Crippen molar-refractivity contribution in [1.29, 1.82) is 0 Å². The molecule has 1 heterocycles. The second-order valence-electron chi connectivity index (χ2n) is 3.88. The van der Waals surface area contributed by atoms with Gasteiger partial charge in [0.25, 0.3) is 0 Å². The summed E-state index contributed by atoms with van der Waals surface area (Å²) in [5, 5.41) is 2.82. The van der Waals surface area contributed by atoms with E-state index in [-0.39, 0.29) is 11.3 Å². The fourth-order valence-electron chi connectivity index (χ4n) is 1.65. The predicted molar refractivity (Wildman–Crippen MR) is 66.3 cm³/mol. The van der Waals surface area contributed by atoms with Gasteiger partial charge in [0, 0.05) is 25.1 Å². The van der Waals surface area contributed by atoms with E-state index < -0.39 is 17.5 Å². The number of nitrogens with zero attached hydrogens (tertiary/aromatic N) is 2. The van der Waals surface area contributed by atoms with Crippen LogP contribution in [0.1, 0.15) is 12.7 Å². The van der Waals surface area contributed by atoms with Crippen LogP contribution in [0.3, 0.4) is 0 Å². The Kier molecular flexibility index (Phi) is 3.69. The highest BCUT2D eigenvalue weighted by atomic mass is 19.2. The lowest BCUT2D eigenvalue weighted by Crippen LogP contribution is -2.02. The molecule has 0 aliphatic heterocycles. The molecule has 1 aromatic heterocycles. The highest BCUT2D eigenvalue weighted by molar-refractivity contribution is 5.63. The fraction of sp³-hybridized carbons (Fsp3) is 0.231. The van der Waals surface area contributed by atoms with Crippen LogP contribution in [0.15, 0.2) is 18.2 Å². The maximum absolute atomic E-state index is 13.7. The number of aryl methyl sites for hydroxylation is 1. The van der Waals surface area contributed by atoms with Gasteiger partial charge in [-0.25, -0.2) is 23.1 Å². The van der Waals surface area contributed by atoms with Crippen LogP contribution in [0.5, 0.6) is 0 Å². The van der Waals surface area contributed by atoms with Gasteiger partial charge in [-0.1, -0.05) is 6.92 Å². The van der Waals surface area contributed by atoms with E-state index in [0.717, 1.165) is 12.1 Å². The summed E-state index contributed by atoms with van der Waals surface area (Å²) in [6.07, 6.45) is 0.549. The molecule has 100 valence electrons. The van der Waals surface area contributed by atoms with Crippen molar-refractivity contribution >= 4 is 5.82 Å². The van der Waals surface area contributed by atoms with E-state index in [1.165, 1.54) is 6.07 Å². The van der Waals surface area contributed by atoms with Gasteiger partial charge in [0.05, 0.1) is 5.69 Å². The molecule has 19 heavy (non-hydrogen) atoms. The van der Waals surface area contributed by atoms with E-state index in [1.807, 2.05) is 6.92 Å². The average Bonchev–Trinajstić information content (AvgIpc) is 2.44. The van der Waals surface area contributed by atoms with Crippen molar-refractivity contribution in [2.45, 2.75) is 13.3 Å². The third-order valence-corrected chi connectivity index (χ3v) is 2.66. The van der Waals surface area contributed by atoms with Crippen LogP contribution in [0.25, 0.3) is 11.3 Å². The summed E-state index contributed by atoms with van der Waals surface area (Å²) in [6, 6.07) is 3.52. The molecule has 0 saturated carbocycles. The molecule has 3 nitrogen and oxygen atoms in total. The van der Waals surface area contributed by atoms with E-state index >= 15 is 0 Å². The van der Waals surface area contributed by atoms with Crippen molar-refractivity contribution in [3.05, 3.63) is 41.5 Å². The van der Waals surface area contributed by atoms with Crippen LogP contribution in [0.4, 0.5) is 19.0 Å². The number of benzene rings is 1. The Hall–Kier alpha value is -2.11. The van der Waals surface area contributed by atoms with Gasteiger partial charge < -0.3 is 5.32 Å². The lowest BCUT2D eigenvalue weighted by atomic mass is 10.1. The van der Waals surface area contributed by atoms with E-state index in [4.69, 9.17) is 0 Å². The van der Waals surface area contributed by atoms with Gasteiger partial charge in [-0.2, -0.15) is 0 Å². The van der Waals surface area contributed by atoms with Crippen molar-refractivity contribution in [2.75, 3.05) is 12.4 Å². The van der Waals surface area contributed by atoms with Crippen LogP contribution in [0.2, 0.25) is 0 Å². The number of halogens is 3. The van der Waals surface area contributed by atoms with Gasteiger partial charge in [-0.3, -0.25) is 0 Å². The smallest absolute Gasteiger partial charge is 0.195 e. The summed E-state index contributed by atoms with van der Waals surface area (Å²) in [5.41, 5.74) is 0.125. The molecule has 2 aromatic rings. The second-order valence-corrected chi connectivity index (χ2v) is 3.88. The molecule has 0 aliphatic rings. The molecular weight excluding hydrogens is 255 g/mol. The molecule has 2 rings (SSSR count). The minimum Gasteiger partial charge on any atom is -0.373 e. The van der Waals surface area contributed by atoms with Crippen molar-refractivity contribution in [2.24, 2.45) is 0 Å². The van der Waals surface area contributed by atoms with E-state index in [2.05, 4.69) is 15.3 Å². The summed E-state index contributed by atoms with van der Waals surface area (Å²) in [7, 11) is 1.66. The Morgan fingerprint density at radius 1 is 1.11 bits per heavy atom. The molecule has 0 unspecified atom stereocenters. The number of aromatic nitrogens is 2. The van der Waals surface area contributed by atoms with Crippen molar-refractivity contribution in [1.82, 2.24) is 9.97 Å². The lowest BCUT2D eigenvalue weighted by Gasteiger charge is -2.08. The zero-order chi connectivity index (χ0) is 14.0. The predicted octanol–water partition coefficient (Wildman–Crippen LogP) is 3.17. The number of anilines is 1. The molecule has 0 spiro atoms. The molecule has 0 amide bonds. The van der Waals surface area contributed by atoms with Gasteiger partial charge in [0.1, 0.15) is 11.6 Å². The van der Waals surface area contributed by atoms with E-state index in [0.29, 0.717) is 18.1 Å². The number of hydrogen-bond acceptors (Lipinski definition) is 3. The Labute approximate surface area is 108 Å². The topological polar surface area (TPSA) is 37.8 Å². The molecule has 0 saturated heterocycles. The third-order valence-electron chi connectivity index (χ3n) is 2.66. The average molecular weight is 267 g/mol. The lowest BCUT2D eigenvalue weighted by molar-refractivity contribution is 0.449. The normalized spacial score (nSPS) is 10.6. The first-order chi connectivity index (χ1) is 9.06. The van der Waals surface area contributed by atoms with E-state index in [9.17, 15) is 13.2 Å². The largest absolute Gasteiger partial charge is 0.373 e. The quantitative estimate of drug-likeness (QED) is 0.868. The molecule has 0 fully saturated rings. The summed E-state index contributed by atoms with van der Waals surface area (Å²) in [4.78, 5) is 8.27. The van der Waals surface area contributed by atoms with Crippen LogP contribution in [0, 0.1) is 17.5 Å². The first-order valence-corrected chi connectivity index (χ1v) is 5.76. The summed E-state index contributed by atoms with van der Waals surface area (Å²) in [5.74, 6) is -2.99. The highest BCUT2D eigenvalue weighted by Crippen LogP contribution is 2.26. The zero-order valence-corrected chi connectivity index (χ0v) is 10.5. The standard InChI is InChI=1S/C13H12F3N3/c1-3-10-18-9(6-11(17-2)19-10)7-4-5-8(14)13(16)12(7)15/h4-6H,3H2,1-2H3,(H,17,18,19). The monoisotopic (exact) mass is 267 g/mol. The third kappa shape index (κ3) is 2.52. The number of hydrogen-bond donors (Lipinski definition) is 1. The SMILES string of the molecule is CCc1nc(NC)cc(-c2ccc(F)c(F)c2F)n1. The van der Waals surface area contributed by atoms with Gasteiger partial charge in [-0.05, 0) is 12.1 Å². The molecule has 1 N–H and O–H groups in total. The molecule has 6 heteroatoms. The molecule has 0 atom stereocenters. The number of nitrogens with one attached hydrogen (secondary N) is 1. The molecule has 0 radical (unpaired) electrons. The fourth-order valence-corrected chi connectivity index (χ4v) is 1.65. The first kappa shape index (κ1) is 13.3. The van der Waals surface area contributed by atoms with Gasteiger partial charge in [0.2, 0.25) is 0 Å². The second kappa shape index (κ2) is 5.26. The zero-order valence-electron chi connectivity index (χ0n) is 10.5. The molecule has 0 aliphatic carbocycles. The minimum atomic E-state index is -1.50. The van der Waals surface area contributed by atoms with Crippen LogP contribution in [-0.2, 0) is 6.42 Å². The van der Waals surface area contributed by atoms with E-state index in [1.54, 1.807) is 7.05 Å². The van der Waals surface area contributed by atoms with Gasteiger partial charge >= 0.3 is 0 Å². The van der Waals surface area contributed by atoms with Crippen molar-refractivity contribution in [3.63, 3.8) is 0 Å². The Balaban J connectivity index is 2.61. The maximum Gasteiger partial charge on any atom is 0.195 e. The number of rotatable bonds is 3. The van der Waals surface area contributed by atoms with Crippen LogP contribution < -0.4 is 5.32 Å². The minimum absolute atomic E-state index is 0.0903. The Bertz CT molecular complexity index is 592. The van der Waals surface area contributed by atoms with Gasteiger partial charge in [-0.15, -0.1) is 0 Å². The van der Waals surface area contributed by atoms with Gasteiger partial charge in [0.15, 0.2) is 17.5 Å². The summed E-state index contributed by atoms with van der Waals surface area (Å²) in [6.45, 7) is 1.85. The summed E-state index contributed by atoms with van der Waals surface area (Å²) < 4.78 is 39.9. The van der Waals surface area contributed by atoms with Crippen LogP contribution >= 0.6 is 0 Å². The Morgan fingerprint density at radius 2 is 1.84 bits per heavy atom. The molecular formula is C13H12F3N3. The molecule has 0 bridgehead atoms. The molecule has 1 aromatic carbocycles. The highest BCUT2D eigenvalue weighted by Gasteiger charge is 2.16.